The summed E-state index contributed by atoms with van der Waals surface area (Å²) in [5, 5.41) is 2.29. The summed E-state index contributed by atoms with van der Waals surface area (Å²) in [6.07, 6.45) is 1.70. The van der Waals surface area contributed by atoms with E-state index in [1.807, 2.05) is 36.4 Å². The highest BCUT2D eigenvalue weighted by Gasteiger charge is 2.02. The van der Waals surface area contributed by atoms with E-state index in [0.29, 0.717) is 10.8 Å². The Morgan fingerprint density at radius 2 is 1.82 bits per heavy atom. The van der Waals surface area contributed by atoms with Crippen LogP contribution in [0.5, 0.6) is 0 Å². The molecule has 0 amide bonds. The first-order valence-corrected chi connectivity index (χ1v) is 6.02. The molecule has 0 spiro atoms. The second-order valence-corrected chi connectivity index (χ2v) is 4.75. The summed E-state index contributed by atoms with van der Waals surface area (Å²) in [5.74, 6) is 0. The summed E-state index contributed by atoms with van der Waals surface area (Å²) in [4.78, 5) is 16.6. The highest BCUT2D eigenvalue weighted by molar-refractivity contribution is 9.10. The topological polar surface area (TPSA) is 30.0 Å². The first-order chi connectivity index (χ1) is 8.25. The number of hydrogen-bond donors (Lipinski definition) is 0. The lowest BCUT2D eigenvalue weighted by Gasteiger charge is -1.92. The highest BCUT2D eigenvalue weighted by Crippen LogP contribution is 2.18. The Morgan fingerprint density at radius 1 is 1.00 bits per heavy atom. The fourth-order valence-electron chi connectivity index (χ4n) is 1.93. The Hall–Kier alpha value is -1.74. The van der Waals surface area contributed by atoms with Gasteiger partial charge in [-0.1, -0.05) is 28.1 Å². The van der Waals surface area contributed by atoms with Crippen molar-refractivity contribution in [2.24, 2.45) is 0 Å². The molecule has 0 unspecified atom stereocenters. The van der Waals surface area contributed by atoms with Crippen molar-refractivity contribution in [3.8, 4) is 0 Å². The van der Waals surface area contributed by atoms with E-state index in [9.17, 15) is 4.79 Å². The molecular formula is C14H8BrNO. The maximum atomic E-state index is 12.4. The highest BCUT2D eigenvalue weighted by atomic mass is 79.9. The molecule has 0 aliphatic heterocycles. The van der Waals surface area contributed by atoms with E-state index in [2.05, 4.69) is 20.9 Å². The Morgan fingerprint density at radius 3 is 2.71 bits per heavy atom. The largest absolute Gasteiger partial charge is 0.289 e. The molecule has 0 saturated heterocycles. The van der Waals surface area contributed by atoms with E-state index in [0.717, 1.165) is 15.4 Å². The predicted octanol–water partition coefficient (Wildman–Crippen LogP) is 3.51. The van der Waals surface area contributed by atoms with Crippen molar-refractivity contribution >= 4 is 37.6 Å². The van der Waals surface area contributed by atoms with E-state index < -0.39 is 0 Å². The fraction of sp³-hybridized carbons (Fsp3) is 0. The smallest absolute Gasteiger partial charge is 0.195 e. The summed E-state index contributed by atoms with van der Waals surface area (Å²) < 4.78 is 0.908. The van der Waals surface area contributed by atoms with Crippen molar-refractivity contribution in [1.82, 2.24) is 4.98 Å². The summed E-state index contributed by atoms with van der Waals surface area (Å²) in [6, 6.07) is 13.1. The molecule has 82 valence electrons. The molecule has 0 fully saturated rings. The van der Waals surface area contributed by atoms with Gasteiger partial charge in [-0.25, -0.2) is 0 Å². The van der Waals surface area contributed by atoms with Gasteiger partial charge in [0.25, 0.3) is 0 Å². The average Bonchev–Trinajstić information content (AvgIpc) is 2.49. The van der Waals surface area contributed by atoms with E-state index >= 15 is 0 Å². The number of nitrogens with zero attached hydrogens (tertiary/aromatic N) is 1. The average molecular weight is 286 g/mol. The Labute approximate surface area is 106 Å². The zero-order valence-corrected chi connectivity index (χ0v) is 10.4. The van der Waals surface area contributed by atoms with Gasteiger partial charge < -0.3 is 0 Å². The molecular weight excluding hydrogens is 278 g/mol. The van der Waals surface area contributed by atoms with Crippen LogP contribution in [0.25, 0.3) is 21.7 Å². The number of rotatable bonds is 0. The van der Waals surface area contributed by atoms with Gasteiger partial charge in [0, 0.05) is 21.4 Å². The lowest BCUT2D eigenvalue weighted by atomic mass is 10.2. The van der Waals surface area contributed by atoms with Gasteiger partial charge in [0.2, 0.25) is 0 Å². The molecule has 1 heterocycles. The van der Waals surface area contributed by atoms with Gasteiger partial charge in [0.15, 0.2) is 5.43 Å². The summed E-state index contributed by atoms with van der Waals surface area (Å²) in [5.41, 5.74) is 0.749. The molecule has 2 aromatic carbocycles. The monoisotopic (exact) mass is 285 g/mol. The molecule has 0 aliphatic carbocycles. The van der Waals surface area contributed by atoms with E-state index in [1.54, 1.807) is 12.3 Å². The van der Waals surface area contributed by atoms with Gasteiger partial charge in [0.1, 0.15) is 0 Å². The third-order valence-corrected chi connectivity index (χ3v) is 3.26. The van der Waals surface area contributed by atoms with Crippen LogP contribution in [0.1, 0.15) is 0 Å². The van der Waals surface area contributed by atoms with Crippen molar-refractivity contribution in [1.29, 1.82) is 0 Å². The lowest BCUT2D eigenvalue weighted by Crippen LogP contribution is -1.98. The number of aromatic nitrogens is 1. The number of fused-ring (bicyclic) bond motifs is 2. The maximum Gasteiger partial charge on any atom is 0.195 e. The zero-order valence-electron chi connectivity index (χ0n) is 8.85. The van der Waals surface area contributed by atoms with Gasteiger partial charge in [-0.05, 0) is 35.7 Å². The molecule has 0 radical (unpaired) electrons. The van der Waals surface area contributed by atoms with Crippen molar-refractivity contribution < 1.29 is 0 Å². The molecule has 0 saturated carbocycles. The molecule has 0 aliphatic rings. The van der Waals surface area contributed by atoms with Crippen molar-refractivity contribution in [3.05, 3.63) is 63.4 Å². The van der Waals surface area contributed by atoms with Gasteiger partial charge in [0.05, 0.1) is 5.52 Å². The zero-order chi connectivity index (χ0) is 11.8. The van der Waals surface area contributed by atoms with Crippen LogP contribution in [0.4, 0.5) is 0 Å². The first kappa shape index (κ1) is 10.4. The number of hydrogen-bond acceptors (Lipinski definition) is 2. The van der Waals surface area contributed by atoms with Crippen molar-refractivity contribution in [2.75, 3.05) is 0 Å². The normalized spacial score (nSPS) is 10.9. The number of benzene rings is 1. The molecule has 1 aromatic heterocycles. The fourth-order valence-corrected chi connectivity index (χ4v) is 2.29. The molecule has 3 aromatic rings. The SMILES string of the molecule is O=c1c2cc(Br)ccc2ccc2ncccc12. The van der Waals surface area contributed by atoms with Crippen LogP contribution in [0, 0.1) is 0 Å². The van der Waals surface area contributed by atoms with Gasteiger partial charge in [-0.3, -0.25) is 9.78 Å². The molecule has 3 heteroatoms. The minimum atomic E-state index is 0.0226. The molecule has 0 bridgehead atoms. The summed E-state index contributed by atoms with van der Waals surface area (Å²) in [6.45, 7) is 0. The van der Waals surface area contributed by atoms with Crippen LogP contribution < -0.4 is 5.43 Å². The predicted molar refractivity (Wildman–Crippen MR) is 73.2 cm³/mol. The molecule has 0 atom stereocenters. The Bertz CT molecular complexity index is 783. The van der Waals surface area contributed by atoms with Crippen LogP contribution in [0.3, 0.4) is 0 Å². The second-order valence-electron chi connectivity index (χ2n) is 3.83. The van der Waals surface area contributed by atoms with Gasteiger partial charge in [-0.15, -0.1) is 0 Å². The van der Waals surface area contributed by atoms with Crippen molar-refractivity contribution in [3.63, 3.8) is 0 Å². The third-order valence-electron chi connectivity index (χ3n) is 2.76. The summed E-state index contributed by atoms with van der Waals surface area (Å²) in [7, 11) is 0. The van der Waals surface area contributed by atoms with Crippen molar-refractivity contribution in [2.45, 2.75) is 0 Å². The minimum Gasteiger partial charge on any atom is -0.289 e. The Balaban J connectivity index is 2.65. The van der Waals surface area contributed by atoms with Crippen LogP contribution in [0.2, 0.25) is 0 Å². The number of pyridine rings is 1. The van der Waals surface area contributed by atoms with Crippen LogP contribution in [-0.4, -0.2) is 4.98 Å². The second kappa shape index (κ2) is 3.93. The van der Waals surface area contributed by atoms with Gasteiger partial charge >= 0.3 is 0 Å². The Kier molecular flexibility index (Phi) is 2.41. The minimum absolute atomic E-state index is 0.0226. The third kappa shape index (κ3) is 1.72. The van der Waals surface area contributed by atoms with Gasteiger partial charge in [-0.2, -0.15) is 0 Å². The van der Waals surface area contributed by atoms with E-state index in [1.165, 1.54) is 0 Å². The molecule has 0 N–H and O–H groups in total. The number of halogens is 1. The first-order valence-electron chi connectivity index (χ1n) is 5.23. The quantitative estimate of drug-likeness (QED) is 0.633. The van der Waals surface area contributed by atoms with Crippen LogP contribution in [-0.2, 0) is 0 Å². The van der Waals surface area contributed by atoms with E-state index in [-0.39, 0.29) is 5.43 Å². The summed E-state index contributed by atoms with van der Waals surface area (Å²) >= 11 is 3.39. The van der Waals surface area contributed by atoms with Crippen LogP contribution in [0.15, 0.2) is 57.9 Å². The lowest BCUT2D eigenvalue weighted by molar-refractivity contribution is 1.42. The molecule has 3 rings (SSSR count). The molecule has 17 heavy (non-hydrogen) atoms. The standard InChI is InChI=1S/C14H8BrNO/c15-10-5-3-9-4-6-13-11(2-1-7-16-13)14(17)12(9)8-10/h1-8H. The maximum absolute atomic E-state index is 12.4. The molecule has 2 nitrogen and oxygen atoms in total. The van der Waals surface area contributed by atoms with Crippen LogP contribution >= 0.6 is 15.9 Å². The van der Waals surface area contributed by atoms with E-state index in [4.69, 9.17) is 0 Å².